The van der Waals surface area contributed by atoms with Crippen LogP contribution in [0.5, 0.6) is 5.75 Å². The number of benzene rings is 3. The molecule has 1 saturated heterocycles. The number of halogens is 2. The molecule has 1 saturated carbocycles. The van der Waals surface area contributed by atoms with E-state index in [4.69, 9.17) is 21.2 Å². The first-order valence-corrected chi connectivity index (χ1v) is 14.1. The Hall–Kier alpha value is -3.01. The Balaban J connectivity index is 1.23. The molecule has 3 atom stereocenters. The van der Waals surface area contributed by atoms with Crippen LogP contribution in [0.4, 0.5) is 4.39 Å². The van der Waals surface area contributed by atoms with Gasteiger partial charge in [-0.15, -0.1) is 0 Å². The number of ether oxygens (including phenoxy) is 1. The predicted octanol–water partition coefficient (Wildman–Crippen LogP) is 5.03. The number of aliphatic hydroxyl groups is 1. The van der Waals surface area contributed by atoms with Gasteiger partial charge >= 0.3 is 0 Å². The van der Waals surface area contributed by atoms with Gasteiger partial charge in [0.15, 0.2) is 0 Å². The number of nitrogens with zero attached hydrogens (tertiary/aromatic N) is 2. The maximum absolute atomic E-state index is 13.9. The van der Waals surface area contributed by atoms with Crippen LogP contribution in [-0.2, 0) is 16.2 Å². The summed E-state index contributed by atoms with van der Waals surface area (Å²) in [6, 6.07) is 16.3. The molecule has 0 aromatic heterocycles. The lowest BCUT2D eigenvalue weighted by molar-refractivity contribution is -0.144. The molecule has 40 heavy (non-hydrogen) atoms. The molecule has 1 unspecified atom stereocenters. The van der Waals surface area contributed by atoms with E-state index in [1.54, 1.807) is 36.2 Å². The van der Waals surface area contributed by atoms with Crippen molar-refractivity contribution in [3.05, 3.63) is 88.2 Å². The Morgan fingerprint density at radius 3 is 2.58 bits per heavy atom. The molecule has 210 valence electrons. The van der Waals surface area contributed by atoms with Crippen LogP contribution in [0.15, 0.2) is 60.7 Å². The molecule has 6 rings (SSSR count). The first-order valence-electron chi connectivity index (χ1n) is 13.8. The Morgan fingerprint density at radius 1 is 1.15 bits per heavy atom. The molecule has 1 aliphatic carbocycles. The largest absolute Gasteiger partial charge is 0.489 e. The highest BCUT2D eigenvalue weighted by Gasteiger charge is 2.37. The lowest BCUT2D eigenvalue weighted by Crippen LogP contribution is -2.53. The Bertz CT molecular complexity index is 1380. The van der Waals surface area contributed by atoms with E-state index in [-0.39, 0.29) is 17.8 Å². The first-order chi connectivity index (χ1) is 19.4. The van der Waals surface area contributed by atoms with Gasteiger partial charge in [-0.25, -0.2) is 4.39 Å². The van der Waals surface area contributed by atoms with Gasteiger partial charge < -0.3 is 19.6 Å². The predicted molar refractivity (Wildman–Crippen MR) is 150 cm³/mol. The number of hydrogen-bond acceptors (Lipinski definition) is 6. The average Bonchev–Trinajstić information content (AvgIpc) is 3.76. The third-order valence-corrected chi connectivity index (χ3v) is 8.32. The van der Waals surface area contributed by atoms with E-state index in [1.165, 1.54) is 12.1 Å². The number of likely N-dealkylation sites (N-methyl/N-ethyl adjacent to an activating group) is 1. The number of nitrogens with one attached hydrogen (secondary N) is 1. The number of rotatable bonds is 9. The summed E-state index contributed by atoms with van der Waals surface area (Å²) in [5.41, 5.74) is 7.03. The summed E-state index contributed by atoms with van der Waals surface area (Å²) in [6.45, 7) is 2.69. The number of hydrogen-bond donors (Lipinski definition) is 2. The summed E-state index contributed by atoms with van der Waals surface area (Å²) < 4.78 is 19.3. The Kier molecular flexibility index (Phi) is 7.79. The number of carbonyl (C=O) groups excluding carboxylic acids is 1. The second-order valence-electron chi connectivity index (χ2n) is 10.9. The van der Waals surface area contributed by atoms with Gasteiger partial charge in [0, 0.05) is 13.6 Å². The molecule has 3 aromatic rings. The molecule has 2 fully saturated rings. The molecule has 0 radical (unpaired) electrons. The summed E-state index contributed by atoms with van der Waals surface area (Å²) in [7, 11) is 1.73. The van der Waals surface area contributed by atoms with Crippen molar-refractivity contribution in [1.29, 1.82) is 0 Å². The molecule has 0 bridgehead atoms. The van der Waals surface area contributed by atoms with Crippen LogP contribution in [-0.4, -0.2) is 59.6 Å². The molecule has 3 aliphatic rings. The number of hydroxylamine groups is 1. The summed E-state index contributed by atoms with van der Waals surface area (Å²) in [5.74, 6) is 0.117. The highest BCUT2D eigenvalue weighted by atomic mass is 35.5. The maximum Gasteiger partial charge on any atom is 0.246 e. The van der Waals surface area contributed by atoms with Crippen LogP contribution >= 0.6 is 11.6 Å². The smallest absolute Gasteiger partial charge is 0.246 e. The van der Waals surface area contributed by atoms with Crippen molar-refractivity contribution < 1.29 is 23.9 Å². The van der Waals surface area contributed by atoms with Crippen LogP contribution in [0.2, 0.25) is 5.02 Å². The zero-order valence-corrected chi connectivity index (χ0v) is 23.1. The third-order valence-electron chi connectivity index (χ3n) is 8.03. The third kappa shape index (κ3) is 5.73. The minimum atomic E-state index is -0.952. The summed E-state index contributed by atoms with van der Waals surface area (Å²) >= 11 is 6.51. The molecule has 0 spiro atoms. The SMILES string of the molecule is CN(C(=O)C1NOCc2cc(-c3ccc(F)cc3)ccc21)[C@H](CN1CCC1)[C@H](O)c1ccc(OC2CC2)c(Cl)c1. The fourth-order valence-electron chi connectivity index (χ4n) is 5.30. The zero-order chi connectivity index (χ0) is 27.8. The topological polar surface area (TPSA) is 74.3 Å². The van der Waals surface area contributed by atoms with Crippen molar-refractivity contribution in [1.82, 2.24) is 15.3 Å². The number of fused-ring (bicyclic) bond motifs is 1. The number of carbonyl (C=O) groups is 1. The van der Waals surface area contributed by atoms with Gasteiger partial charge in [0.05, 0.1) is 23.8 Å². The fourth-order valence-corrected chi connectivity index (χ4v) is 5.53. The Morgan fingerprint density at radius 2 is 1.90 bits per heavy atom. The first kappa shape index (κ1) is 27.2. The zero-order valence-electron chi connectivity index (χ0n) is 22.4. The molecule has 2 heterocycles. The van der Waals surface area contributed by atoms with Gasteiger partial charge in [-0.2, -0.15) is 5.48 Å². The molecular formula is C31H33ClFN3O4. The van der Waals surface area contributed by atoms with E-state index in [0.29, 0.717) is 29.5 Å². The van der Waals surface area contributed by atoms with Crippen molar-refractivity contribution in [2.75, 3.05) is 26.7 Å². The van der Waals surface area contributed by atoms with Crippen molar-refractivity contribution in [3.8, 4) is 16.9 Å². The lowest BCUT2D eigenvalue weighted by Gasteiger charge is -2.41. The highest BCUT2D eigenvalue weighted by molar-refractivity contribution is 6.32. The van der Waals surface area contributed by atoms with Crippen LogP contribution < -0.4 is 10.2 Å². The second kappa shape index (κ2) is 11.5. The molecule has 7 nitrogen and oxygen atoms in total. The summed E-state index contributed by atoms with van der Waals surface area (Å²) in [5, 5.41) is 12.0. The Labute approximate surface area is 238 Å². The van der Waals surface area contributed by atoms with E-state index in [0.717, 1.165) is 54.6 Å². The van der Waals surface area contributed by atoms with E-state index < -0.39 is 18.2 Å². The molecule has 2 N–H and O–H groups in total. The van der Waals surface area contributed by atoms with Crippen LogP contribution in [0, 0.1) is 5.82 Å². The lowest BCUT2D eigenvalue weighted by atomic mass is 9.93. The van der Waals surface area contributed by atoms with Gasteiger partial charge in [-0.3, -0.25) is 9.63 Å². The van der Waals surface area contributed by atoms with Crippen molar-refractivity contribution in [2.24, 2.45) is 0 Å². The molecule has 3 aromatic carbocycles. The summed E-state index contributed by atoms with van der Waals surface area (Å²) in [6.07, 6.45) is 2.42. The second-order valence-corrected chi connectivity index (χ2v) is 11.3. The molecule has 9 heteroatoms. The van der Waals surface area contributed by atoms with E-state index >= 15 is 0 Å². The normalized spacial score (nSPS) is 20.2. The number of amides is 1. The molecular weight excluding hydrogens is 533 g/mol. The van der Waals surface area contributed by atoms with Gasteiger partial charge in [0.25, 0.3) is 0 Å². The van der Waals surface area contributed by atoms with Crippen LogP contribution in [0.25, 0.3) is 11.1 Å². The van der Waals surface area contributed by atoms with E-state index in [1.807, 2.05) is 24.3 Å². The van der Waals surface area contributed by atoms with Gasteiger partial charge in [0.1, 0.15) is 23.7 Å². The van der Waals surface area contributed by atoms with Crippen molar-refractivity contribution >= 4 is 17.5 Å². The van der Waals surface area contributed by atoms with Crippen LogP contribution in [0.1, 0.15) is 48.1 Å². The monoisotopic (exact) mass is 565 g/mol. The van der Waals surface area contributed by atoms with Crippen LogP contribution in [0.3, 0.4) is 0 Å². The highest BCUT2D eigenvalue weighted by Crippen LogP contribution is 2.36. The minimum Gasteiger partial charge on any atom is -0.489 e. The quantitative estimate of drug-likeness (QED) is 0.379. The maximum atomic E-state index is 13.9. The minimum absolute atomic E-state index is 0.208. The standard InChI is InChI=1S/C31H33ClFN3O4/c1-35(27(17-36-13-2-14-36)30(37)21-6-12-28(26(32)16-21)40-24-9-10-24)31(38)29-25-11-5-20(15-22(25)18-39-34-29)19-3-7-23(33)8-4-19/h3-8,11-12,15-16,24,27,29-30,34,37H,2,9-10,13-14,17-18H2,1H3/t27-,29?,30-/m1/s1. The number of aliphatic hydroxyl groups excluding tert-OH is 1. The van der Waals surface area contributed by atoms with Gasteiger partial charge in [0.2, 0.25) is 5.91 Å². The number of likely N-dealkylation sites (tertiary alicyclic amines) is 1. The van der Waals surface area contributed by atoms with Gasteiger partial charge in [-0.1, -0.05) is 41.9 Å². The fraction of sp³-hybridized carbons (Fsp3) is 0.387. The van der Waals surface area contributed by atoms with E-state index in [2.05, 4.69) is 10.4 Å². The molecule has 2 aliphatic heterocycles. The molecule has 1 amide bonds. The van der Waals surface area contributed by atoms with E-state index in [9.17, 15) is 14.3 Å². The average molecular weight is 566 g/mol. The summed E-state index contributed by atoms with van der Waals surface area (Å²) in [4.78, 5) is 23.4. The van der Waals surface area contributed by atoms with Crippen molar-refractivity contribution in [2.45, 2.75) is 50.2 Å². The van der Waals surface area contributed by atoms with Crippen molar-refractivity contribution in [3.63, 3.8) is 0 Å². The van der Waals surface area contributed by atoms with Gasteiger partial charge in [-0.05, 0) is 90.5 Å².